The molecule has 4 atom stereocenters. The van der Waals surface area contributed by atoms with Crippen molar-refractivity contribution >= 4 is 0 Å². The zero-order valence-electron chi connectivity index (χ0n) is 8.06. The molecule has 0 spiro atoms. The highest BCUT2D eigenvalue weighted by Gasteiger charge is 2.44. The fourth-order valence-electron chi connectivity index (χ4n) is 3.43. The molecule has 0 nitrogen and oxygen atoms in total. The largest absolute Gasteiger partial charge is 0.0622 e. The molecule has 0 amide bonds. The predicted octanol–water partition coefficient (Wildman–Crippen LogP) is 3.47. The maximum atomic E-state index is 2.50. The lowest BCUT2D eigenvalue weighted by Gasteiger charge is -2.38. The third-order valence-electron chi connectivity index (χ3n) is 4.33. The van der Waals surface area contributed by atoms with E-state index in [9.17, 15) is 0 Å². The molecule has 0 aromatic carbocycles. The minimum absolute atomic E-state index is 0.747. The van der Waals surface area contributed by atoms with Crippen molar-refractivity contribution in [3.63, 3.8) is 0 Å². The normalized spacial score (nSPS) is 56.5. The molecule has 0 radical (unpaired) electrons. The van der Waals surface area contributed by atoms with Gasteiger partial charge in [-0.05, 0) is 48.9 Å². The lowest BCUT2D eigenvalue weighted by atomic mass is 9.68. The van der Waals surface area contributed by atoms with E-state index in [0.29, 0.717) is 0 Å². The molecule has 0 saturated heterocycles. The third kappa shape index (κ3) is 1.11. The number of fused-ring (bicyclic) bond motifs is 2. The molecular weight excluding hydrogens is 132 g/mol. The van der Waals surface area contributed by atoms with Gasteiger partial charge >= 0.3 is 0 Å². The van der Waals surface area contributed by atoms with Gasteiger partial charge in [0.25, 0.3) is 0 Å². The minimum atomic E-state index is 0.747. The molecule has 0 heteroatoms. The van der Waals surface area contributed by atoms with Crippen molar-refractivity contribution < 1.29 is 0 Å². The zero-order chi connectivity index (χ0) is 8.06. The van der Waals surface area contributed by atoms with Crippen LogP contribution in [-0.2, 0) is 0 Å². The topological polar surface area (TPSA) is 0 Å². The molecule has 2 rings (SSSR count). The molecule has 0 N–H and O–H groups in total. The van der Waals surface area contributed by atoms with Gasteiger partial charge in [-0.2, -0.15) is 0 Å². The zero-order valence-corrected chi connectivity index (χ0v) is 8.06. The summed E-state index contributed by atoms with van der Waals surface area (Å²) in [5, 5.41) is 0. The van der Waals surface area contributed by atoms with Crippen LogP contribution in [0.4, 0.5) is 0 Å². The van der Waals surface area contributed by atoms with Crippen molar-refractivity contribution in [1.82, 2.24) is 0 Å². The predicted molar refractivity (Wildman–Crippen MR) is 48.4 cm³/mol. The van der Waals surface area contributed by atoms with Crippen LogP contribution in [0.1, 0.15) is 46.5 Å². The lowest BCUT2D eigenvalue weighted by Crippen LogP contribution is -2.28. The van der Waals surface area contributed by atoms with Gasteiger partial charge in [0.2, 0.25) is 0 Å². The van der Waals surface area contributed by atoms with Crippen LogP contribution >= 0.6 is 0 Å². The monoisotopic (exact) mass is 152 g/mol. The van der Waals surface area contributed by atoms with E-state index in [2.05, 4.69) is 20.8 Å². The van der Waals surface area contributed by atoms with Crippen LogP contribution in [0.5, 0.6) is 0 Å². The van der Waals surface area contributed by atoms with Gasteiger partial charge in [0.1, 0.15) is 0 Å². The van der Waals surface area contributed by atoms with Gasteiger partial charge in [0.05, 0.1) is 0 Å². The smallest absolute Gasteiger partial charge is 0.0320 e. The van der Waals surface area contributed by atoms with Gasteiger partial charge < -0.3 is 0 Å². The van der Waals surface area contributed by atoms with E-state index >= 15 is 0 Å². The Morgan fingerprint density at radius 1 is 1.18 bits per heavy atom. The Hall–Kier alpha value is 0. The maximum absolute atomic E-state index is 2.50. The summed E-state index contributed by atoms with van der Waals surface area (Å²) in [6.07, 6.45) is 6.04. The molecule has 2 bridgehead atoms. The van der Waals surface area contributed by atoms with Crippen LogP contribution in [0, 0.1) is 23.2 Å². The minimum Gasteiger partial charge on any atom is -0.0622 e. The fraction of sp³-hybridized carbons (Fsp3) is 1.00. The van der Waals surface area contributed by atoms with E-state index < -0.39 is 0 Å². The molecule has 2 unspecified atom stereocenters. The van der Waals surface area contributed by atoms with Crippen molar-refractivity contribution in [2.24, 2.45) is 23.2 Å². The number of rotatable bonds is 0. The summed E-state index contributed by atoms with van der Waals surface area (Å²) in [6.45, 7) is 7.40. The van der Waals surface area contributed by atoms with E-state index in [0.717, 1.165) is 23.2 Å². The van der Waals surface area contributed by atoms with Crippen LogP contribution in [-0.4, -0.2) is 0 Å². The quantitative estimate of drug-likeness (QED) is 0.498. The summed E-state index contributed by atoms with van der Waals surface area (Å²) in [5.74, 6) is 3.07. The summed E-state index contributed by atoms with van der Waals surface area (Å²) in [6, 6.07) is 0. The van der Waals surface area contributed by atoms with Gasteiger partial charge in [-0.25, -0.2) is 0 Å². The first-order valence-electron chi connectivity index (χ1n) is 5.11. The Labute approximate surface area is 70.4 Å². The standard InChI is InChI=1S/C11H20/c1-8-6-11(3)5-4-10(7-11)9(8)2/h8-10H,4-7H2,1-3H3/t8-,9-,10?,11?/m0/s1. The summed E-state index contributed by atoms with van der Waals surface area (Å²) in [7, 11) is 0. The number of hydrogen-bond acceptors (Lipinski definition) is 0. The Morgan fingerprint density at radius 2 is 1.91 bits per heavy atom. The van der Waals surface area contributed by atoms with Gasteiger partial charge in [0, 0.05) is 0 Å². The molecule has 2 saturated carbocycles. The first kappa shape index (κ1) is 7.64. The average molecular weight is 152 g/mol. The summed E-state index contributed by atoms with van der Waals surface area (Å²) in [4.78, 5) is 0. The molecular formula is C11H20. The third-order valence-corrected chi connectivity index (χ3v) is 4.33. The van der Waals surface area contributed by atoms with Crippen LogP contribution in [0.3, 0.4) is 0 Å². The summed E-state index contributed by atoms with van der Waals surface area (Å²) < 4.78 is 0. The van der Waals surface area contributed by atoms with Crippen molar-refractivity contribution in [3.05, 3.63) is 0 Å². The Morgan fingerprint density at radius 3 is 2.64 bits per heavy atom. The fourth-order valence-corrected chi connectivity index (χ4v) is 3.43. The van der Waals surface area contributed by atoms with Crippen LogP contribution in [0.2, 0.25) is 0 Å². The lowest BCUT2D eigenvalue weighted by molar-refractivity contribution is 0.124. The van der Waals surface area contributed by atoms with Crippen molar-refractivity contribution in [2.75, 3.05) is 0 Å². The highest BCUT2D eigenvalue weighted by molar-refractivity contribution is 4.95. The van der Waals surface area contributed by atoms with Crippen molar-refractivity contribution in [2.45, 2.75) is 46.5 Å². The SMILES string of the molecule is C[C@@H]1C2CCC(C)(C2)C[C@@H]1C. The second-order valence-corrected chi connectivity index (χ2v) is 5.35. The molecule has 0 aliphatic heterocycles. The molecule has 2 aliphatic rings. The van der Waals surface area contributed by atoms with E-state index in [4.69, 9.17) is 0 Å². The first-order valence-corrected chi connectivity index (χ1v) is 5.11. The Balaban J connectivity index is 2.17. The molecule has 0 aromatic rings. The van der Waals surface area contributed by atoms with Gasteiger partial charge in [-0.1, -0.05) is 20.8 Å². The molecule has 0 aromatic heterocycles. The summed E-state index contributed by atoms with van der Waals surface area (Å²) >= 11 is 0. The molecule has 64 valence electrons. The van der Waals surface area contributed by atoms with Gasteiger partial charge in [0.15, 0.2) is 0 Å². The van der Waals surface area contributed by atoms with Crippen LogP contribution in [0.25, 0.3) is 0 Å². The van der Waals surface area contributed by atoms with Gasteiger partial charge in [-0.3, -0.25) is 0 Å². The molecule has 0 heterocycles. The maximum Gasteiger partial charge on any atom is -0.0320 e. The van der Waals surface area contributed by atoms with Crippen molar-refractivity contribution in [3.8, 4) is 0 Å². The van der Waals surface area contributed by atoms with Gasteiger partial charge in [-0.15, -0.1) is 0 Å². The highest BCUT2D eigenvalue weighted by Crippen LogP contribution is 2.55. The average Bonchev–Trinajstić information content (AvgIpc) is 2.25. The Kier molecular flexibility index (Phi) is 1.56. The first-order chi connectivity index (χ1) is 5.11. The molecule has 11 heavy (non-hydrogen) atoms. The molecule has 2 aliphatic carbocycles. The van der Waals surface area contributed by atoms with Crippen LogP contribution < -0.4 is 0 Å². The summed E-state index contributed by atoms with van der Waals surface area (Å²) in [5.41, 5.74) is 0.747. The van der Waals surface area contributed by atoms with Crippen LogP contribution in [0.15, 0.2) is 0 Å². The Bertz CT molecular complexity index is 161. The highest BCUT2D eigenvalue weighted by atomic mass is 14.5. The van der Waals surface area contributed by atoms with E-state index in [1.165, 1.54) is 25.7 Å². The van der Waals surface area contributed by atoms with E-state index in [1.807, 2.05) is 0 Å². The second kappa shape index (κ2) is 2.24. The van der Waals surface area contributed by atoms with E-state index in [-0.39, 0.29) is 0 Å². The van der Waals surface area contributed by atoms with Crippen molar-refractivity contribution in [1.29, 1.82) is 0 Å². The van der Waals surface area contributed by atoms with E-state index in [1.54, 1.807) is 0 Å². The number of hydrogen-bond donors (Lipinski definition) is 0. The molecule has 2 fully saturated rings. The second-order valence-electron chi connectivity index (χ2n) is 5.35.